The highest BCUT2D eigenvalue weighted by Crippen LogP contribution is 2.25. The number of nitrogens with zero attached hydrogens (tertiary/aromatic N) is 1. The van der Waals surface area contributed by atoms with E-state index in [1.54, 1.807) is 0 Å². The Kier molecular flexibility index (Phi) is 3.85. The number of aryl methyl sites for hydroxylation is 1. The molecule has 1 aliphatic heterocycles. The highest BCUT2D eigenvalue weighted by atomic mass is 127. The number of hydrogen-bond donors (Lipinski definition) is 0. The third kappa shape index (κ3) is 2.34. The van der Waals surface area contributed by atoms with Crippen LogP contribution in [0.5, 0.6) is 0 Å². The molecule has 2 rings (SSSR count). The predicted molar refractivity (Wildman–Crippen MR) is 78.2 cm³/mol. The van der Waals surface area contributed by atoms with E-state index in [0.29, 0.717) is 18.5 Å². The van der Waals surface area contributed by atoms with Crippen LogP contribution in [0.15, 0.2) is 31.0 Å². The Balaban J connectivity index is 2.30. The lowest BCUT2D eigenvalue weighted by atomic mass is 9.93. The maximum Gasteiger partial charge on any atom is 0.237 e. The van der Waals surface area contributed by atoms with Crippen LogP contribution in [0.25, 0.3) is 0 Å². The van der Waals surface area contributed by atoms with E-state index in [1.807, 2.05) is 25.1 Å². The molecule has 0 aromatic heterocycles. The first-order chi connectivity index (χ1) is 8.54. The Hall–Kier alpha value is -1.17. The van der Waals surface area contributed by atoms with Gasteiger partial charge in [-0.05, 0) is 59.8 Å². The monoisotopic (exact) mass is 355 g/mol. The second kappa shape index (κ2) is 5.22. The molecule has 1 amide bonds. The van der Waals surface area contributed by atoms with Gasteiger partial charge < -0.3 is 4.90 Å². The van der Waals surface area contributed by atoms with Crippen molar-refractivity contribution in [2.75, 3.05) is 6.54 Å². The zero-order chi connectivity index (χ0) is 13.3. The molecule has 1 atom stereocenters. The van der Waals surface area contributed by atoms with E-state index in [9.17, 15) is 9.59 Å². The first-order valence-electron chi connectivity index (χ1n) is 5.78. The number of amides is 1. The van der Waals surface area contributed by atoms with Crippen LogP contribution in [-0.4, -0.2) is 23.1 Å². The maximum absolute atomic E-state index is 12.4. The Morgan fingerprint density at radius 1 is 1.56 bits per heavy atom. The Morgan fingerprint density at radius 3 is 2.89 bits per heavy atom. The van der Waals surface area contributed by atoms with Gasteiger partial charge in [-0.1, -0.05) is 12.6 Å². The summed E-state index contributed by atoms with van der Waals surface area (Å²) in [7, 11) is 0. The van der Waals surface area contributed by atoms with Crippen molar-refractivity contribution in [2.24, 2.45) is 5.92 Å². The average Bonchev–Trinajstić information content (AvgIpc) is 2.72. The lowest BCUT2D eigenvalue weighted by Crippen LogP contribution is -2.26. The third-order valence-electron chi connectivity index (χ3n) is 3.24. The molecule has 0 saturated carbocycles. The van der Waals surface area contributed by atoms with Gasteiger partial charge in [-0.2, -0.15) is 0 Å². The van der Waals surface area contributed by atoms with Gasteiger partial charge in [0.15, 0.2) is 5.78 Å². The highest BCUT2D eigenvalue weighted by Gasteiger charge is 2.36. The topological polar surface area (TPSA) is 37.4 Å². The molecule has 94 valence electrons. The quantitative estimate of drug-likeness (QED) is 0.475. The largest absolute Gasteiger partial charge is 0.319 e. The number of carbonyl (C=O) groups is 2. The van der Waals surface area contributed by atoms with Gasteiger partial charge in [0, 0.05) is 15.7 Å². The number of carbonyl (C=O) groups excluding carboxylic acids is 2. The molecular weight excluding hydrogens is 341 g/mol. The smallest absolute Gasteiger partial charge is 0.237 e. The molecule has 0 spiro atoms. The van der Waals surface area contributed by atoms with Crippen molar-refractivity contribution in [3.8, 4) is 0 Å². The lowest BCUT2D eigenvalue weighted by molar-refractivity contribution is -0.127. The maximum atomic E-state index is 12.4. The molecule has 1 saturated heterocycles. The van der Waals surface area contributed by atoms with Crippen LogP contribution < -0.4 is 0 Å². The van der Waals surface area contributed by atoms with Crippen LogP contribution in [0.3, 0.4) is 0 Å². The van der Waals surface area contributed by atoms with Crippen LogP contribution in [0, 0.1) is 16.4 Å². The summed E-state index contributed by atoms with van der Waals surface area (Å²) in [6.07, 6.45) is 2.08. The van der Waals surface area contributed by atoms with Crippen molar-refractivity contribution in [2.45, 2.75) is 13.3 Å². The third-order valence-corrected chi connectivity index (χ3v) is 3.91. The summed E-state index contributed by atoms with van der Waals surface area (Å²) in [5.41, 5.74) is 1.58. The van der Waals surface area contributed by atoms with Gasteiger partial charge in [-0.15, -0.1) is 0 Å². The van der Waals surface area contributed by atoms with Gasteiger partial charge in [0.05, 0.1) is 0 Å². The molecule has 0 bridgehead atoms. The van der Waals surface area contributed by atoms with E-state index in [1.165, 1.54) is 11.1 Å². The fraction of sp³-hybridized carbons (Fsp3) is 0.286. The van der Waals surface area contributed by atoms with Crippen molar-refractivity contribution < 1.29 is 9.59 Å². The van der Waals surface area contributed by atoms with Gasteiger partial charge in [-0.3, -0.25) is 9.59 Å². The van der Waals surface area contributed by atoms with Crippen molar-refractivity contribution >= 4 is 34.3 Å². The summed E-state index contributed by atoms with van der Waals surface area (Å²) >= 11 is 2.17. The second-order valence-electron chi connectivity index (χ2n) is 4.38. The van der Waals surface area contributed by atoms with Gasteiger partial charge in [0.2, 0.25) is 5.91 Å². The SMILES string of the molecule is C=CN1CCC(C(=O)c2cc(I)ccc2C)C1=O. The van der Waals surface area contributed by atoms with E-state index in [0.717, 1.165) is 9.13 Å². The standard InChI is InChI=1S/C14H14INO2/c1-3-16-7-6-11(14(16)18)13(17)12-8-10(15)5-4-9(12)2/h3-5,8,11H,1,6-7H2,2H3. The Bertz CT molecular complexity index is 525. The molecular formula is C14H14INO2. The molecule has 1 heterocycles. The fourth-order valence-electron chi connectivity index (χ4n) is 2.17. The molecule has 0 aliphatic carbocycles. The number of benzene rings is 1. The average molecular weight is 355 g/mol. The van der Waals surface area contributed by atoms with Crippen molar-refractivity contribution in [1.82, 2.24) is 4.90 Å². The first kappa shape index (κ1) is 13.3. The molecule has 0 N–H and O–H groups in total. The van der Waals surface area contributed by atoms with E-state index < -0.39 is 5.92 Å². The molecule has 1 fully saturated rings. The van der Waals surface area contributed by atoms with Crippen LogP contribution in [0.4, 0.5) is 0 Å². The van der Waals surface area contributed by atoms with Crippen molar-refractivity contribution in [3.05, 3.63) is 45.7 Å². The molecule has 1 aliphatic rings. The fourth-order valence-corrected chi connectivity index (χ4v) is 2.67. The number of likely N-dealkylation sites (tertiary alicyclic amines) is 1. The zero-order valence-corrected chi connectivity index (χ0v) is 12.3. The minimum absolute atomic E-state index is 0.0691. The molecule has 1 unspecified atom stereocenters. The summed E-state index contributed by atoms with van der Waals surface area (Å²) in [6, 6.07) is 5.72. The summed E-state index contributed by atoms with van der Waals surface area (Å²) < 4.78 is 1.01. The number of ketones is 1. The summed E-state index contributed by atoms with van der Waals surface area (Å²) in [5.74, 6) is -0.742. The molecule has 4 heteroatoms. The lowest BCUT2D eigenvalue weighted by Gasteiger charge is -2.12. The molecule has 1 aromatic carbocycles. The van der Waals surface area contributed by atoms with E-state index in [-0.39, 0.29) is 11.7 Å². The van der Waals surface area contributed by atoms with Gasteiger partial charge in [0.1, 0.15) is 5.92 Å². The van der Waals surface area contributed by atoms with E-state index in [2.05, 4.69) is 29.2 Å². The Morgan fingerprint density at radius 2 is 2.28 bits per heavy atom. The van der Waals surface area contributed by atoms with Gasteiger partial charge >= 0.3 is 0 Å². The second-order valence-corrected chi connectivity index (χ2v) is 5.62. The molecule has 3 nitrogen and oxygen atoms in total. The molecule has 0 radical (unpaired) electrons. The Labute approximate surface area is 120 Å². The number of halogens is 1. The van der Waals surface area contributed by atoms with Crippen LogP contribution >= 0.6 is 22.6 Å². The van der Waals surface area contributed by atoms with Gasteiger partial charge in [-0.25, -0.2) is 0 Å². The zero-order valence-electron chi connectivity index (χ0n) is 10.1. The summed E-state index contributed by atoms with van der Waals surface area (Å²) in [4.78, 5) is 25.9. The predicted octanol–water partition coefficient (Wildman–Crippen LogP) is 2.77. The highest BCUT2D eigenvalue weighted by molar-refractivity contribution is 14.1. The molecule has 1 aromatic rings. The van der Waals surface area contributed by atoms with Crippen LogP contribution in [0.2, 0.25) is 0 Å². The summed E-state index contributed by atoms with van der Waals surface area (Å²) in [6.45, 7) is 6.07. The van der Waals surface area contributed by atoms with Crippen LogP contribution in [-0.2, 0) is 4.79 Å². The minimum Gasteiger partial charge on any atom is -0.319 e. The van der Waals surface area contributed by atoms with Gasteiger partial charge in [0.25, 0.3) is 0 Å². The number of hydrogen-bond acceptors (Lipinski definition) is 2. The number of rotatable bonds is 3. The minimum atomic E-state index is -0.542. The van der Waals surface area contributed by atoms with Crippen LogP contribution in [0.1, 0.15) is 22.3 Å². The first-order valence-corrected chi connectivity index (χ1v) is 6.86. The van der Waals surface area contributed by atoms with E-state index in [4.69, 9.17) is 0 Å². The normalized spacial score (nSPS) is 19.1. The van der Waals surface area contributed by atoms with E-state index >= 15 is 0 Å². The summed E-state index contributed by atoms with van der Waals surface area (Å²) in [5, 5.41) is 0. The van der Waals surface area contributed by atoms with Crippen molar-refractivity contribution in [1.29, 1.82) is 0 Å². The number of Topliss-reactive ketones (excluding diaryl/α,β-unsaturated/α-hetero) is 1. The van der Waals surface area contributed by atoms with Crippen molar-refractivity contribution in [3.63, 3.8) is 0 Å². The molecule has 18 heavy (non-hydrogen) atoms.